The molecule has 2 heterocycles. The third-order valence-electron chi connectivity index (χ3n) is 8.37. The Balaban J connectivity index is 1.60. The van der Waals surface area contributed by atoms with Gasteiger partial charge in [-0.05, 0) is 61.7 Å². The Morgan fingerprint density at radius 2 is 1.69 bits per heavy atom. The molecule has 2 aromatic carbocycles. The van der Waals surface area contributed by atoms with Crippen molar-refractivity contribution < 1.29 is 35.3 Å². The molecule has 1 amide bonds. The van der Waals surface area contributed by atoms with Crippen molar-refractivity contribution in [2.45, 2.75) is 56.4 Å². The first kappa shape index (κ1) is 35.0. The van der Waals surface area contributed by atoms with Crippen LogP contribution in [0, 0.1) is 0 Å². The maximum Gasteiger partial charge on any atom is 0.230 e. The van der Waals surface area contributed by atoms with Crippen LogP contribution in [0.5, 0.6) is 0 Å². The molecule has 0 aromatic heterocycles. The average Bonchev–Trinajstić information content (AvgIpc) is 3.28. The van der Waals surface area contributed by atoms with Crippen LogP contribution in [0.2, 0.25) is 0 Å². The van der Waals surface area contributed by atoms with E-state index in [1.807, 2.05) is 84.8 Å². The van der Waals surface area contributed by atoms with Crippen molar-refractivity contribution >= 4 is 65.8 Å². The normalized spacial score (nSPS) is 18.3. The predicted molar refractivity (Wildman–Crippen MR) is 181 cm³/mol. The fraction of sp³-hybridized carbons (Fsp3) is 0.375. The van der Waals surface area contributed by atoms with Crippen molar-refractivity contribution in [3.63, 3.8) is 0 Å². The highest BCUT2D eigenvalue weighted by Crippen LogP contribution is 2.48. The van der Waals surface area contributed by atoms with E-state index in [9.17, 15) is 30.7 Å². The highest BCUT2D eigenvalue weighted by Gasteiger charge is 2.43. The molecular formula is C32H37IN3O7S2-. The van der Waals surface area contributed by atoms with Crippen LogP contribution >= 0.6 is 22.6 Å². The summed E-state index contributed by atoms with van der Waals surface area (Å²) in [5.41, 5.74) is 5.42. The zero-order chi connectivity index (χ0) is 33.4. The molecule has 10 nitrogen and oxygen atoms in total. The number of allylic oxidation sites excluding steroid dienone is 6. The highest BCUT2D eigenvalue weighted by atomic mass is 127. The summed E-state index contributed by atoms with van der Waals surface area (Å²) in [5.74, 6) is -0.537. The van der Waals surface area contributed by atoms with Gasteiger partial charge in [-0.15, -0.1) is 0 Å². The first-order valence-corrected chi connectivity index (χ1v) is 18.8. The molecule has 0 saturated heterocycles. The van der Waals surface area contributed by atoms with Crippen LogP contribution in [0.15, 0.2) is 77.4 Å². The fourth-order valence-electron chi connectivity index (χ4n) is 6.05. The van der Waals surface area contributed by atoms with E-state index in [0.717, 1.165) is 28.2 Å². The molecule has 45 heavy (non-hydrogen) atoms. The van der Waals surface area contributed by atoms with Gasteiger partial charge in [0.15, 0.2) is 5.71 Å². The molecule has 242 valence electrons. The molecule has 0 atom stereocenters. The van der Waals surface area contributed by atoms with Gasteiger partial charge in [-0.1, -0.05) is 60.7 Å². The summed E-state index contributed by atoms with van der Waals surface area (Å²) in [5, 5.41) is 2.92. The van der Waals surface area contributed by atoms with E-state index in [1.54, 1.807) is 6.07 Å². The number of carbonyl (C=O) groups is 1. The second-order valence-electron chi connectivity index (χ2n) is 12.2. The number of fused-ring (bicyclic) bond motifs is 2. The third kappa shape index (κ3) is 7.59. The maximum atomic E-state index is 11.7. The van der Waals surface area contributed by atoms with Crippen LogP contribution in [-0.2, 0) is 42.4 Å². The zero-order valence-electron chi connectivity index (χ0n) is 25.8. The molecule has 0 bridgehead atoms. The van der Waals surface area contributed by atoms with Crippen molar-refractivity contribution in [3.05, 3.63) is 89.2 Å². The number of hydrogen-bond donors (Lipinski definition) is 1. The smallest absolute Gasteiger partial charge is 0.230 e. The monoisotopic (exact) mass is 766 g/mol. The van der Waals surface area contributed by atoms with Crippen LogP contribution in [-0.4, -0.2) is 65.9 Å². The maximum absolute atomic E-state index is 11.7. The van der Waals surface area contributed by atoms with Crippen LogP contribution in [0.3, 0.4) is 0 Å². The largest absolute Gasteiger partial charge is 0.748 e. The van der Waals surface area contributed by atoms with E-state index in [0.29, 0.717) is 22.2 Å². The summed E-state index contributed by atoms with van der Waals surface area (Å²) in [7, 11) is -7.06. The lowest BCUT2D eigenvalue weighted by atomic mass is 9.81. The first-order valence-electron chi connectivity index (χ1n) is 14.3. The van der Waals surface area contributed by atoms with Crippen molar-refractivity contribution in [3.8, 4) is 0 Å². The van der Waals surface area contributed by atoms with Gasteiger partial charge in [0, 0.05) is 53.3 Å². The lowest BCUT2D eigenvalue weighted by Crippen LogP contribution is -2.28. The van der Waals surface area contributed by atoms with E-state index in [-0.39, 0.29) is 29.2 Å². The quantitative estimate of drug-likeness (QED) is 0.117. The third-order valence-corrected chi connectivity index (χ3v) is 10.7. The molecule has 0 aliphatic carbocycles. The van der Waals surface area contributed by atoms with E-state index in [2.05, 4.69) is 35.9 Å². The SMILES string of the molecule is C[N+]1=C(/C=C/C=C/C=C2\N(CCCS(=O)(=O)[O-])c3ccc(S(=O)(=O)[O-])cc3C2(C)C)C(C)(C)c2cc(CNC(=O)CI)ccc21. The average molecular weight is 767 g/mol. The Morgan fingerprint density at radius 1 is 0.978 bits per heavy atom. The number of carbonyl (C=O) groups excluding carboxylic acids is 1. The molecule has 0 unspecified atom stereocenters. The molecule has 13 heteroatoms. The van der Waals surface area contributed by atoms with Gasteiger partial charge in [-0.2, -0.15) is 4.58 Å². The summed E-state index contributed by atoms with van der Waals surface area (Å²) in [4.78, 5) is 13.3. The van der Waals surface area contributed by atoms with E-state index >= 15 is 0 Å². The topological polar surface area (TPSA) is 150 Å². The number of amides is 1. The summed E-state index contributed by atoms with van der Waals surface area (Å²) < 4.78 is 71.6. The second-order valence-corrected chi connectivity index (χ2v) is 15.8. The number of rotatable bonds is 11. The Morgan fingerprint density at radius 3 is 2.33 bits per heavy atom. The van der Waals surface area contributed by atoms with Crippen molar-refractivity contribution in [1.82, 2.24) is 5.32 Å². The molecule has 2 aliphatic rings. The summed E-state index contributed by atoms with van der Waals surface area (Å²) in [6.45, 7) is 8.80. The predicted octanol–water partition coefficient (Wildman–Crippen LogP) is 4.38. The number of hydrogen-bond acceptors (Lipinski definition) is 8. The standard InChI is InChI=1S/C32H38IN3O7S2/c1-31(2)24-18-22(21-34-30(37)20-33)12-14-26(24)35(5)28(31)10-7-6-8-11-29-32(3,4)25-19-23(45(41,42)43)13-15-27(25)36(29)16-9-17-44(38,39)40/h6-8,10-15,18-19H,9,16-17,20-21H2,1-5H3,(H2-,34,37,38,39,40,41,42,43)/p-1. The van der Waals surface area contributed by atoms with Crippen molar-refractivity contribution in [2.75, 3.05) is 28.7 Å². The highest BCUT2D eigenvalue weighted by molar-refractivity contribution is 14.1. The number of anilines is 1. The molecule has 2 aromatic rings. The van der Waals surface area contributed by atoms with E-state index in [1.165, 1.54) is 12.1 Å². The zero-order valence-corrected chi connectivity index (χ0v) is 29.6. The van der Waals surface area contributed by atoms with Crippen LogP contribution in [0.4, 0.5) is 11.4 Å². The van der Waals surface area contributed by atoms with Crippen LogP contribution in [0.1, 0.15) is 50.8 Å². The minimum atomic E-state index is -4.68. The van der Waals surface area contributed by atoms with Gasteiger partial charge in [-0.3, -0.25) is 4.79 Å². The molecule has 0 saturated carbocycles. The fourth-order valence-corrected chi connectivity index (χ4v) is 7.30. The molecular weight excluding hydrogens is 729 g/mol. The minimum Gasteiger partial charge on any atom is -0.748 e. The first-order chi connectivity index (χ1) is 20.9. The number of nitrogens with one attached hydrogen (secondary N) is 1. The number of benzene rings is 2. The molecule has 0 radical (unpaired) electrons. The lowest BCUT2D eigenvalue weighted by molar-refractivity contribution is -0.401. The van der Waals surface area contributed by atoms with E-state index < -0.39 is 31.4 Å². The Hall–Kier alpha value is -2.85. The molecule has 0 fully saturated rings. The van der Waals surface area contributed by atoms with Gasteiger partial charge in [0.25, 0.3) is 0 Å². The summed E-state index contributed by atoms with van der Waals surface area (Å²) >= 11 is 2.04. The van der Waals surface area contributed by atoms with Crippen molar-refractivity contribution in [1.29, 1.82) is 0 Å². The number of nitrogens with zero attached hydrogens (tertiary/aromatic N) is 2. The molecule has 1 N–H and O–H groups in total. The summed E-state index contributed by atoms with van der Waals surface area (Å²) in [6.07, 6.45) is 9.67. The van der Waals surface area contributed by atoms with Gasteiger partial charge in [0.1, 0.15) is 17.2 Å². The molecule has 4 rings (SSSR count). The Bertz CT molecular complexity index is 1860. The van der Waals surface area contributed by atoms with Gasteiger partial charge < -0.3 is 19.3 Å². The van der Waals surface area contributed by atoms with Gasteiger partial charge >= 0.3 is 0 Å². The number of alkyl halides is 1. The number of halogens is 1. The molecule has 2 aliphatic heterocycles. The van der Waals surface area contributed by atoms with Gasteiger partial charge in [-0.25, -0.2) is 16.8 Å². The minimum absolute atomic E-state index is 0.00651. The van der Waals surface area contributed by atoms with E-state index in [4.69, 9.17) is 0 Å². The Kier molecular flexibility index (Phi) is 10.2. The van der Waals surface area contributed by atoms with Gasteiger partial charge in [0.2, 0.25) is 11.6 Å². The second kappa shape index (κ2) is 13.1. The molecule has 0 spiro atoms. The van der Waals surface area contributed by atoms with Gasteiger partial charge in [0.05, 0.1) is 24.9 Å². The van der Waals surface area contributed by atoms with Crippen LogP contribution in [0.25, 0.3) is 0 Å². The summed E-state index contributed by atoms with van der Waals surface area (Å²) in [6, 6.07) is 10.4. The van der Waals surface area contributed by atoms with Crippen LogP contribution < -0.4 is 10.2 Å². The Labute approximate surface area is 279 Å². The lowest BCUT2D eigenvalue weighted by Gasteiger charge is -2.27. The van der Waals surface area contributed by atoms with Crippen molar-refractivity contribution in [2.24, 2.45) is 0 Å².